The predicted molar refractivity (Wildman–Crippen MR) is 39.4 cm³/mol. The molecule has 1 rings (SSSR count). The lowest BCUT2D eigenvalue weighted by atomic mass is 10.0. The van der Waals surface area contributed by atoms with Gasteiger partial charge in [-0.15, -0.1) is 0 Å². The highest BCUT2D eigenvalue weighted by atomic mass is 16.7. The van der Waals surface area contributed by atoms with E-state index in [4.69, 9.17) is 14.6 Å². The largest absolute Gasteiger partial charge is 0.393 e. The Kier molecular flexibility index (Phi) is 3.03. The molecule has 3 atom stereocenters. The van der Waals surface area contributed by atoms with E-state index in [0.717, 1.165) is 0 Å². The Labute approximate surface area is 70.5 Å². The van der Waals surface area contributed by atoms with Gasteiger partial charge in [-0.05, 0) is 6.92 Å². The van der Waals surface area contributed by atoms with E-state index in [0.29, 0.717) is 6.61 Å². The van der Waals surface area contributed by atoms with E-state index in [1.165, 1.54) is 0 Å². The third-order valence-electron chi connectivity index (χ3n) is 1.91. The maximum atomic E-state index is 9.46. The second-order valence-electron chi connectivity index (χ2n) is 2.84. The van der Waals surface area contributed by atoms with Crippen molar-refractivity contribution in [3.05, 3.63) is 0 Å². The Balaban J connectivity index is 2.54. The third kappa shape index (κ3) is 1.60. The average Bonchev–Trinajstić information content (AvgIpc) is 2.35. The zero-order valence-electron chi connectivity index (χ0n) is 6.93. The molecule has 1 aliphatic heterocycles. The van der Waals surface area contributed by atoms with Gasteiger partial charge in [0.2, 0.25) is 0 Å². The van der Waals surface area contributed by atoms with E-state index in [1.54, 1.807) is 6.92 Å². The molecule has 0 saturated carbocycles. The van der Waals surface area contributed by atoms with Crippen LogP contribution in [-0.2, 0) is 9.47 Å². The van der Waals surface area contributed by atoms with Gasteiger partial charge in [0.05, 0.1) is 13.2 Å². The maximum Gasteiger partial charge on any atom is 0.186 e. The van der Waals surface area contributed by atoms with Crippen molar-refractivity contribution in [2.75, 3.05) is 19.8 Å². The lowest BCUT2D eigenvalue weighted by molar-refractivity contribution is -0.158. The van der Waals surface area contributed by atoms with E-state index in [1.807, 2.05) is 0 Å². The summed E-state index contributed by atoms with van der Waals surface area (Å²) >= 11 is 0. The van der Waals surface area contributed by atoms with Gasteiger partial charge < -0.3 is 24.8 Å². The molecule has 3 N–H and O–H groups in total. The highest BCUT2D eigenvalue weighted by Crippen LogP contribution is 2.24. The van der Waals surface area contributed by atoms with Crippen molar-refractivity contribution < 1.29 is 24.8 Å². The van der Waals surface area contributed by atoms with E-state index in [-0.39, 0.29) is 6.61 Å². The van der Waals surface area contributed by atoms with Gasteiger partial charge in [0, 0.05) is 6.61 Å². The van der Waals surface area contributed by atoms with Crippen molar-refractivity contribution in [2.45, 2.75) is 24.9 Å². The molecule has 1 saturated heterocycles. The monoisotopic (exact) mass is 178 g/mol. The Morgan fingerprint density at radius 3 is 2.75 bits per heavy atom. The topological polar surface area (TPSA) is 79.2 Å². The second kappa shape index (κ2) is 3.68. The third-order valence-corrected chi connectivity index (χ3v) is 1.91. The fraction of sp³-hybridized carbons (Fsp3) is 1.00. The van der Waals surface area contributed by atoms with E-state index in [2.05, 4.69) is 0 Å². The van der Waals surface area contributed by atoms with E-state index < -0.39 is 24.6 Å². The van der Waals surface area contributed by atoms with Crippen LogP contribution in [0.25, 0.3) is 0 Å². The zero-order valence-corrected chi connectivity index (χ0v) is 6.93. The second-order valence-corrected chi connectivity index (χ2v) is 2.84. The van der Waals surface area contributed by atoms with Gasteiger partial charge in [-0.2, -0.15) is 0 Å². The first kappa shape index (κ1) is 9.88. The highest BCUT2D eigenvalue weighted by Gasteiger charge is 2.48. The summed E-state index contributed by atoms with van der Waals surface area (Å²) in [5.74, 6) is 0. The summed E-state index contributed by atoms with van der Waals surface area (Å²) in [6.45, 7) is 1.52. The van der Waals surface area contributed by atoms with Gasteiger partial charge in [0.15, 0.2) is 6.29 Å². The fourth-order valence-electron chi connectivity index (χ4n) is 1.10. The maximum absolute atomic E-state index is 9.46. The van der Waals surface area contributed by atoms with Gasteiger partial charge in [-0.3, -0.25) is 0 Å². The number of ether oxygens (including phenoxy) is 2. The first-order chi connectivity index (χ1) is 5.64. The molecule has 5 nitrogen and oxygen atoms in total. The quantitative estimate of drug-likeness (QED) is 0.488. The van der Waals surface area contributed by atoms with Crippen molar-refractivity contribution >= 4 is 0 Å². The molecule has 0 spiro atoms. The summed E-state index contributed by atoms with van der Waals surface area (Å²) in [5.41, 5.74) is -1.57. The van der Waals surface area contributed by atoms with Crippen LogP contribution in [0.5, 0.6) is 0 Å². The average molecular weight is 178 g/mol. The molecule has 1 fully saturated rings. The molecule has 2 unspecified atom stereocenters. The van der Waals surface area contributed by atoms with Crippen LogP contribution in [0.2, 0.25) is 0 Å². The summed E-state index contributed by atoms with van der Waals surface area (Å²) in [7, 11) is 0. The van der Waals surface area contributed by atoms with Crippen molar-refractivity contribution in [3.63, 3.8) is 0 Å². The van der Waals surface area contributed by atoms with Gasteiger partial charge in [-0.25, -0.2) is 0 Å². The molecule has 0 amide bonds. The van der Waals surface area contributed by atoms with Crippen LogP contribution in [-0.4, -0.2) is 53.1 Å². The molecule has 0 aromatic carbocycles. The summed E-state index contributed by atoms with van der Waals surface area (Å²) in [6.07, 6.45) is -2.01. The summed E-state index contributed by atoms with van der Waals surface area (Å²) < 4.78 is 9.90. The highest BCUT2D eigenvalue weighted by molar-refractivity contribution is 4.93. The lowest BCUT2D eigenvalue weighted by Gasteiger charge is -2.23. The van der Waals surface area contributed by atoms with Crippen LogP contribution in [0.15, 0.2) is 0 Å². The summed E-state index contributed by atoms with van der Waals surface area (Å²) in [5, 5.41) is 27.6. The van der Waals surface area contributed by atoms with Crippen LogP contribution in [0.1, 0.15) is 6.92 Å². The van der Waals surface area contributed by atoms with Gasteiger partial charge >= 0.3 is 0 Å². The first-order valence-electron chi connectivity index (χ1n) is 3.88. The minimum Gasteiger partial charge on any atom is -0.393 e. The molecule has 12 heavy (non-hydrogen) atoms. The normalized spacial score (nSPS) is 42.0. The molecule has 5 heteroatoms. The zero-order chi connectivity index (χ0) is 9.19. The number of hydrogen-bond acceptors (Lipinski definition) is 5. The van der Waals surface area contributed by atoms with Crippen molar-refractivity contribution in [1.29, 1.82) is 0 Å². The Hall–Kier alpha value is -0.200. The molecule has 1 aliphatic rings. The number of rotatable bonds is 3. The smallest absolute Gasteiger partial charge is 0.186 e. The number of aliphatic hydroxyl groups excluding tert-OH is 2. The number of hydrogen-bond donors (Lipinski definition) is 3. The molecule has 0 aliphatic carbocycles. The SMILES string of the molecule is CCOC1OC[C@](O)(CO)C1O. The van der Waals surface area contributed by atoms with Gasteiger partial charge in [0.25, 0.3) is 0 Å². The predicted octanol–water partition coefficient (Wildman–Crippen LogP) is -1.54. The summed E-state index contributed by atoms with van der Waals surface area (Å²) in [6, 6.07) is 0. The molecular formula is C7H14O5. The molecule has 0 aromatic rings. The Morgan fingerprint density at radius 2 is 2.33 bits per heavy atom. The van der Waals surface area contributed by atoms with E-state index in [9.17, 15) is 10.2 Å². The van der Waals surface area contributed by atoms with Crippen LogP contribution in [0.4, 0.5) is 0 Å². The lowest BCUT2D eigenvalue weighted by Crippen LogP contribution is -2.47. The first-order valence-corrected chi connectivity index (χ1v) is 3.88. The molecule has 1 heterocycles. The molecule has 0 bridgehead atoms. The Bertz CT molecular complexity index is 151. The molecule has 0 aromatic heterocycles. The van der Waals surface area contributed by atoms with Gasteiger partial charge in [-0.1, -0.05) is 0 Å². The molecular weight excluding hydrogens is 164 g/mol. The molecule has 0 radical (unpaired) electrons. The summed E-state index contributed by atoms with van der Waals surface area (Å²) in [4.78, 5) is 0. The van der Waals surface area contributed by atoms with Crippen molar-refractivity contribution in [1.82, 2.24) is 0 Å². The Morgan fingerprint density at radius 1 is 1.67 bits per heavy atom. The van der Waals surface area contributed by atoms with Crippen LogP contribution >= 0.6 is 0 Å². The number of aliphatic hydroxyl groups is 3. The fourth-order valence-corrected chi connectivity index (χ4v) is 1.10. The standard InChI is InChI=1S/C7H14O5/c1-2-11-6-5(9)7(10,3-8)4-12-6/h5-6,8-10H,2-4H2,1H3/t5?,6?,7-/m1/s1. The minimum atomic E-state index is -1.57. The van der Waals surface area contributed by atoms with Crippen LogP contribution in [0, 0.1) is 0 Å². The van der Waals surface area contributed by atoms with Crippen LogP contribution < -0.4 is 0 Å². The van der Waals surface area contributed by atoms with E-state index >= 15 is 0 Å². The van der Waals surface area contributed by atoms with Crippen LogP contribution in [0.3, 0.4) is 0 Å². The van der Waals surface area contributed by atoms with Gasteiger partial charge in [0.1, 0.15) is 11.7 Å². The minimum absolute atomic E-state index is 0.102. The van der Waals surface area contributed by atoms with Crippen molar-refractivity contribution in [2.24, 2.45) is 0 Å². The molecule has 72 valence electrons. The van der Waals surface area contributed by atoms with Crippen molar-refractivity contribution in [3.8, 4) is 0 Å².